The first-order valence-electron chi connectivity index (χ1n) is 8.45. The van der Waals surface area contributed by atoms with Crippen LogP contribution in [0.2, 0.25) is 0 Å². The van der Waals surface area contributed by atoms with Gasteiger partial charge in [0.15, 0.2) is 12.3 Å². The summed E-state index contributed by atoms with van der Waals surface area (Å²) in [6, 6.07) is 11.1. The third kappa shape index (κ3) is 4.64. The summed E-state index contributed by atoms with van der Waals surface area (Å²) >= 11 is 0. The summed E-state index contributed by atoms with van der Waals surface area (Å²) in [6.45, 7) is 1.37. The SMILES string of the molecule is COC(=O)COc1cccc(/C=C2\N=C(c3ccc(C)c([N+](=O)[O-])c3)OC2=O)c1. The molecule has 0 amide bonds. The van der Waals surface area contributed by atoms with Crippen molar-refractivity contribution in [3.05, 3.63) is 75.0 Å². The molecular weight excluding hydrogens is 380 g/mol. The number of aliphatic imine (C=N–C) groups is 1. The van der Waals surface area contributed by atoms with E-state index in [2.05, 4.69) is 9.73 Å². The highest BCUT2D eigenvalue weighted by Crippen LogP contribution is 2.24. The van der Waals surface area contributed by atoms with Crippen molar-refractivity contribution in [2.24, 2.45) is 4.99 Å². The van der Waals surface area contributed by atoms with E-state index < -0.39 is 16.9 Å². The van der Waals surface area contributed by atoms with E-state index in [9.17, 15) is 19.7 Å². The third-order valence-electron chi connectivity index (χ3n) is 4.02. The minimum atomic E-state index is -0.677. The summed E-state index contributed by atoms with van der Waals surface area (Å²) in [7, 11) is 1.26. The molecule has 9 heteroatoms. The van der Waals surface area contributed by atoms with Crippen LogP contribution in [0.4, 0.5) is 5.69 Å². The van der Waals surface area contributed by atoms with Crippen molar-refractivity contribution in [3.63, 3.8) is 0 Å². The molecule has 3 rings (SSSR count). The van der Waals surface area contributed by atoms with Gasteiger partial charge in [-0.1, -0.05) is 18.2 Å². The number of benzene rings is 2. The van der Waals surface area contributed by atoms with Gasteiger partial charge in [-0.25, -0.2) is 14.6 Å². The Kier molecular flexibility index (Phi) is 5.68. The monoisotopic (exact) mass is 396 g/mol. The van der Waals surface area contributed by atoms with Crippen LogP contribution in [0.25, 0.3) is 6.08 Å². The number of ether oxygens (including phenoxy) is 3. The molecule has 9 nitrogen and oxygen atoms in total. The highest BCUT2D eigenvalue weighted by molar-refractivity contribution is 6.13. The molecule has 0 aromatic heterocycles. The molecule has 0 radical (unpaired) electrons. The number of nitrogens with zero attached hydrogens (tertiary/aromatic N) is 2. The smallest absolute Gasteiger partial charge is 0.363 e. The van der Waals surface area contributed by atoms with E-state index >= 15 is 0 Å². The molecule has 0 saturated heterocycles. The van der Waals surface area contributed by atoms with Gasteiger partial charge >= 0.3 is 11.9 Å². The fourth-order valence-electron chi connectivity index (χ4n) is 2.52. The lowest BCUT2D eigenvalue weighted by Gasteiger charge is -2.05. The Bertz CT molecular complexity index is 1060. The van der Waals surface area contributed by atoms with Crippen molar-refractivity contribution >= 4 is 29.6 Å². The molecule has 29 heavy (non-hydrogen) atoms. The van der Waals surface area contributed by atoms with E-state index in [1.807, 2.05) is 0 Å². The predicted molar refractivity (Wildman–Crippen MR) is 102 cm³/mol. The molecule has 148 valence electrons. The standard InChI is InChI=1S/C20H16N2O7/c1-12-6-7-14(10-17(12)22(25)26)19-21-16(20(24)29-19)9-13-4-3-5-15(8-13)28-11-18(23)27-2/h3-10H,11H2,1-2H3/b16-9-. The lowest BCUT2D eigenvalue weighted by Crippen LogP contribution is -2.12. The van der Waals surface area contributed by atoms with Crippen molar-refractivity contribution in [2.45, 2.75) is 6.92 Å². The van der Waals surface area contributed by atoms with Crippen LogP contribution in [0.1, 0.15) is 16.7 Å². The number of carbonyl (C=O) groups is 2. The van der Waals surface area contributed by atoms with Crippen LogP contribution < -0.4 is 4.74 Å². The number of methoxy groups -OCH3 is 1. The Balaban J connectivity index is 1.85. The Morgan fingerprint density at radius 3 is 2.79 bits per heavy atom. The number of hydrogen-bond donors (Lipinski definition) is 0. The molecule has 0 N–H and O–H groups in total. The van der Waals surface area contributed by atoms with Crippen LogP contribution in [-0.4, -0.2) is 36.5 Å². The zero-order valence-electron chi connectivity index (χ0n) is 15.6. The van der Waals surface area contributed by atoms with Crippen molar-refractivity contribution in [3.8, 4) is 5.75 Å². The molecule has 0 saturated carbocycles. The minimum Gasteiger partial charge on any atom is -0.482 e. The molecule has 0 atom stereocenters. The maximum atomic E-state index is 12.2. The molecule has 1 aliphatic rings. The molecule has 1 heterocycles. The molecule has 0 bridgehead atoms. The Hall–Kier alpha value is -4.01. The number of nitro benzene ring substituents is 1. The van der Waals surface area contributed by atoms with Gasteiger partial charge in [0.25, 0.3) is 5.69 Å². The molecule has 0 fully saturated rings. The number of nitro groups is 1. The number of rotatable bonds is 6. The topological polar surface area (TPSA) is 117 Å². The van der Waals surface area contributed by atoms with E-state index in [0.717, 1.165) is 0 Å². The van der Waals surface area contributed by atoms with Gasteiger partial charge in [0.1, 0.15) is 5.75 Å². The first-order valence-corrected chi connectivity index (χ1v) is 8.45. The quantitative estimate of drug-likeness (QED) is 0.319. The molecular formula is C20H16N2O7. The maximum Gasteiger partial charge on any atom is 0.363 e. The number of cyclic esters (lactones) is 1. The zero-order chi connectivity index (χ0) is 21.0. The van der Waals surface area contributed by atoms with Crippen molar-refractivity contribution < 1.29 is 28.7 Å². The number of carbonyl (C=O) groups excluding carboxylic acids is 2. The minimum absolute atomic E-state index is 0.0116. The molecule has 2 aromatic rings. The summed E-state index contributed by atoms with van der Waals surface area (Å²) in [4.78, 5) is 38.1. The van der Waals surface area contributed by atoms with Gasteiger partial charge in [0.05, 0.1) is 12.0 Å². The average molecular weight is 396 g/mol. The highest BCUT2D eigenvalue weighted by atomic mass is 16.6. The predicted octanol–water partition coefficient (Wildman–Crippen LogP) is 2.80. The number of esters is 2. The van der Waals surface area contributed by atoms with Gasteiger partial charge in [0, 0.05) is 17.2 Å². The van der Waals surface area contributed by atoms with Gasteiger partial charge in [-0.15, -0.1) is 0 Å². The second kappa shape index (κ2) is 8.34. The molecule has 0 aliphatic carbocycles. The summed E-state index contributed by atoms with van der Waals surface area (Å²) in [5.41, 5.74) is 1.36. The third-order valence-corrected chi connectivity index (χ3v) is 4.02. The van der Waals surface area contributed by atoms with Gasteiger partial charge in [-0.3, -0.25) is 10.1 Å². The van der Waals surface area contributed by atoms with E-state index in [4.69, 9.17) is 9.47 Å². The van der Waals surface area contributed by atoms with E-state index in [-0.39, 0.29) is 23.9 Å². The first-order chi connectivity index (χ1) is 13.9. The molecule has 0 spiro atoms. The summed E-state index contributed by atoms with van der Waals surface area (Å²) < 4.78 is 15.0. The van der Waals surface area contributed by atoms with Crippen LogP contribution in [0, 0.1) is 17.0 Å². The Morgan fingerprint density at radius 2 is 2.07 bits per heavy atom. The fourth-order valence-corrected chi connectivity index (χ4v) is 2.52. The van der Waals surface area contributed by atoms with Crippen LogP contribution in [-0.2, 0) is 19.1 Å². The molecule has 0 unspecified atom stereocenters. The summed E-state index contributed by atoms with van der Waals surface area (Å²) in [6.07, 6.45) is 1.49. The highest BCUT2D eigenvalue weighted by Gasteiger charge is 2.25. The van der Waals surface area contributed by atoms with Gasteiger partial charge < -0.3 is 14.2 Å². The normalized spacial score (nSPS) is 14.3. The Labute approximate surface area is 165 Å². The molecule has 1 aliphatic heterocycles. The van der Waals surface area contributed by atoms with Crippen LogP contribution in [0.15, 0.2) is 53.2 Å². The second-order valence-electron chi connectivity index (χ2n) is 6.03. The second-order valence-corrected chi connectivity index (χ2v) is 6.03. The van der Waals surface area contributed by atoms with Crippen LogP contribution in [0.5, 0.6) is 5.75 Å². The largest absolute Gasteiger partial charge is 0.482 e. The summed E-state index contributed by atoms with van der Waals surface area (Å²) in [5, 5.41) is 11.1. The zero-order valence-corrected chi connectivity index (χ0v) is 15.6. The lowest BCUT2D eigenvalue weighted by atomic mass is 10.1. The van der Waals surface area contributed by atoms with Gasteiger partial charge in [0.2, 0.25) is 5.90 Å². The van der Waals surface area contributed by atoms with Crippen molar-refractivity contribution in [2.75, 3.05) is 13.7 Å². The van der Waals surface area contributed by atoms with E-state index in [1.54, 1.807) is 43.3 Å². The first kappa shape index (κ1) is 19.7. The van der Waals surface area contributed by atoms with Crippen molar-refractivity contribution in [1.29, 1.82) is 0 Å². The van der Waals surface area contributed by atoms with Gasteiger partial charge in [-0.05, 0) is 36.8 Å². The van der Waals surface area contributed by atoms with E-state index in [1.165, 1.54) is 19.3 Å². The number of aryl methyl sites for hydroxylation is 1. The van der Waals surface area contributed by atoms with Crippen molar-refractivity contribution in [1.82, 2.24) is 0 Å². The van der Waals surface area contributed by atoms with Crippen LogP contribution >= 0.6 is 0 Å². The van der Waals surface area contributed by atoms with Crippen LogP contribution in [0.3, 0.4) is 0 Å². The number of hydrogen-bond acceptors (Lipinski definition) is 8. The average Bonchev–Trinajstić information content (AvgIpc) is 3.06. The Morgan fingerprint density at radius 1 is 1.28 bits per heavy atom. The lowest BCUT2D eigenvalue weighted by molar-refractivity contribution is -0.385. The maximum absolute atomic E-state index is 12.2. The van der Waals surface area contributed by atoms with E-state index in [0.29, 0.717) is 22.4 Å². The molecule has 2 aromatic carbocycles. The van der Waals surface area contributed by atoms with Gasteiger partial charge in [-0.2, -0.15) is 0 Å². The summed E-state index contributed by atoms with van der Waals surface area (Å²) in [5.74, 6) is -0.796. The fraction of sp³-hybridized carbons (Fsp3) is 0.150.